The number of rotatable bonds is 8. The van der Waals surface area contributed by atoms with Gasteiger partial charge in [-0.3, -0.25) is 4.99 Å². The summed E-state index contributed by atoms with van der Waals surface area (Å²) in [4.78, 5) is 6.47. The van der Waals surface area contributed by atoms with Crippen molar-refractivity contribution in [2.75, 3.05) is 39.8 Å². The van der Waals surface area contributed by atoms with Gasteiger partial charge in [0.1, 0.15) is 17.8 Å². The Hall–Kier alpha value is -2.59. The molecule has 1 saturated carbocycles. The molecule has 0 amide bonds. The van der Waals surface area contributed by atoms with Crippen molar-refractivity contribution in [2.45, 2.75) is 25.1 Å². The first kappa shape index (κ1) is 21.6. The number of ether oxygens (including phenoxy) is 1. The van der Waals surface area contributed by atoms with Gasteiger partial charge in [-0.15, -0.1) is 0 Å². The number of piperazine rings is 1. The minimum Gasteiger partial charge on any atom is -0.493 e. The summed E-state index contributed by atoms with van der Waals surface area (Å²) in [7, 11) is -1.68. The highest BCUT2D eigenvalue weighted by molar-refractivity contribution is 7.88. The van der Waals surface area contributed by atoms with E-state index in [-0.39, 0.29) is 5.75 Å². The highest BCUT2D eigenvalue weighted by Gasteiger charge is 2.29. The molecule has 9 nitrogen and oxygen atoms in total. The van der Waals surface area contributed by atoms with Gasteiger partial charge in [0, 0.05) is 51.4 Å². The quantitative estimate of drug-likeness (QED) is 0.485. The Morgan fingerprint density at radius 1 is 1.23 bits per heavy atom. The minimum atomic E-state index is -3.42. The number of para-hydroxylation sites is 1. The maximum atomic E-state index is 12.6. The zero-order chi connectivity index (χ0) is 21.7. The molecule has 0 atom stereocenters. The number of aromatic nitrogens is 1. The molecule has 2 heterocycles. The number of sulfonamides is 1. The molecule has 1 N–H and O–H groups in total. The first-order valence-corrected chi connectivity index (χ1v) is 12.2. The summed E-state index contributed by atoms with van der Waals surface area (Å²) in [5.41, 5.74) is 1.50. The summed E-state index contributed by atoms with van der Waals surface area (Å²) in [6, 6.07) is 9.62. The lowest BCUT2D eigenvalue weighted by Gasteiger charge is -2.35. The van der Waals surface area contributed by atoms with Gasteiger partial charge >= 0.3 is 0 Å². The van der Waals surface area contributed by atoms with Crippen molar-refractivity contribution in [1.29, 1.82) is 0 Å². The second-order valence-electron chi connectivity index (χ2n) is 7.90. The van der Waals surface area contributed by atoms with Crippen molar-refractivity contribution in [3.8, 4) is 5.75 Å². The zero-order valence-electron chi connectivity index (χ0n) is 17.7. The van der Waals surface area contributed by atoms with Crippen LogP contribution >= 0.6 is 0 Å². The van der Waals surface area contributed by atoms with E-state index in [4.69, 9.17) is 9.26 Å². The highest BCUT2D eigenvalue weighted by Crippen LogP contribution is 2.30. The van der Waals surface area contributed by atoms with Gasteiger partial charge in [-0.25, -0.2) is 8.42 Å². The average Bonchev–Trinajstić information content (AvgIpc) is 3.48. The Kier molecular flexibility index (Phi) is 6.77. The van der Waals surface area contributed by atoms with Crippen LogP contribution in [0.5, 0.6) is 5.75 Å². The van der Waals surface area contributed by atoms with Gasteiger partial charge in [-0.2, -0.15) is 4.31 Å². The van der Waals surface area contributed by atoms with Gasteiger partial charge in [-0.1, -0.05) is 23.4 Å². The first-order chi connectivity index (χ1) is 15.0. The highest BCUT2D eigenvalue weighted by atomic mass is 32.2. The molecule has 2 aromatic rings. The molecule has 2 aliphatic rings. The van der Waals surface area contributed by atoms with Crippen molar-refractivity contribution < 1.29 is 17.7 Å². The molecule has 0 radical (unpaired) electrons. The van der Waals surface area contributed by atoms with Crippen LogP contribution in [0.1, 0.15) is 24.1 Å². The maximum Gasteiger partial charge on any atom is 0.220 e. The molecule has 1 saturated heterocycles. The van der Waals surface area contributed by atoms with E-state index < -0.39 is 10.0 Å². The molecule has 0 spiro atoms. The molecule has 2 fully saturated rings. The average molecular weight is 448 g/mol. The first-order valence-electron chi connectivity index (χ1n) is 10.6. The standard InChI is InChI=1S/C21H29N5O4S/c1-22-21(23-14-18-4-2-3-5-20(18)29-15-17-6-7-17)25-9-11-26(12-10-25)31(27,28)16-19-8-13-30-24-19/h2-5,8,13,17H,6-7,9-12,14-16H2,1H3,(H,22,23). The van der Waals surface area contributed by atoms with E-state index in [1.807, 2.05) is 18.2 Å². The Labute approximate surface area is 183 Å². The van der Waals surface area contributed by atoms with Crippen LogP contribution in [0.15, 0.2) is 46.1 Å². The lowest BCUT2D eigenvalue weighted by molar-refractivity contribution is 0.259. The Morgan fingerprint density at radius 3 is 2.68 bits per heavy atom. The summed E-state index contributed by atoms with van der Waals surface area (Å²) in [5.74, 6) is 2.21. The predicted octanol–water partition coefficient (Wildman–Crippen LogP) is 1.69. The molecule has 1 aromatic carbocycles. The summed E-state index contributed by atoms with van der Waals surface area (Å²) >= 11 is 0. The number of nitrogens with one attached hydrogen (secondary N) is 1. The molecule has 10 heteroatoms. The molecule has 1 aliphatic heterocycles. The monoisotopic (exact) mass is 447 g/mol. The third kappa shape index (κ3) is 5.76. The Morgan fingerprint density at radius 2 is 2.00 bits per heavy atom. The Bertz CT molecular complexity index is 981. The topological polar surface area (TPSA) is 100 Å². The van der Waals surface area contributed by atoms with Gasteiger partial charge in [0.25, 0.3) is 0 Å². The second-order valence-corrected chi connectivity index (χ2v) is 9.86. The van der Waals surface area contributed by atoms with Crippen LogP contribution in [0.25, 0.3) is 0 Å². The minimum absolute atomic E-state index is 0.145. The molecule has 0 unspecified atom stereocenters. The molecule has 1 aromatic heterocycles. The number of benzene rings is 1. The van der Waals surface area contributed by atoms with Crippen LogP contribution in [-0.4, -0.2) is 68.6 Å². The number of aliphatic imine (C=N–C) groups is 1. The van der Waals surface area contributed by atoms with E-state index in [1.165, 1.54) is 23.4 Å². The number of hydrogen-bond acceptors (Lipinski definition) is 6. The van der Waals surface area contributed by atoms with E-state index in [0.717, 1.165) is 23.9 Å². The van der Waals surface area contributed by atoms with Crippen molar-refractivity contribution in [2.24, 2.45) is 10.9 Å². The van der Waals surface area contributed by atoms with Crippen LogP contribution in [0.2, 0.25) is 0 Å². The van der Waals surface area contributed by atoms with Gasteiger partial charge < -0.3 is 19.5 Å². The molecule has 168 valence electrons. The fourth-order valence-corrected chi connectivity index (χ4v) is 4.98. The van der Waals surface area contributed by atoms with E-state index in [1.54, 1.807) is 13.1 Å². The summed E-state index contributed by atoms with van der Waals surface area (Å²) < 4.78 is 37.5. The lowest BCUT2D eigenvalue weighted by Crippen LogP contribution is -2.53. The number of hydrogen-bond donors (Lipinski definition) is 1. The number of nitrogens with zero attached hydrogens (tertiary/aromatic N) is 4. The van der Waals surface area contributed by atoms with Gasteiger partial charge in [0.05, 0.1) is 12.3 Å². The van der Waals surface area contributed by atoms with Crippen LogP contribution in [0.3, 0.4) is 0 Å². The summed E-state index contributed by atoms with van der Waals surface area (Å²) in [6.45, 7) is 3.31. The largest absolute Gasteiger partial charge is 0.493 e. The third-order valence-electron chi connectivity index (χ3n) is 5.55. The SMILES string of the molecule is CN=C(NCc1ccccc1OCC1CC1)N1CCN(S(=O)(=O)Cc2ccon2)CC1. The van der Waals surface area contributed by atoms with Crippen LogP contribution in [-0.2, 0) is 22.3 Å². The van der Waals surface area contributed by atoms with Crippen LogP contribution < -0.4 is 10.1 Å². The molecular weight excluding hydrogens is 418 g/mol. The van der Waals surface area contributed by atoms with Crippen molar-refractivity contribution in [3.05, 3.63) is 47.9 Å². The van der Waals surface area contributed by atoms with Crippen LogP contribution in [0, 0.1) is 5.92 Å². The Balaban J connectivity index is 1.30. The van der Waals surface area contributed by atoms with Gasteiger partial charge in [0.2, 0.25) is 10.0 Å². The zero-order valence-corrected chi connectivity index (χ0v) is 18.6. The summed E-state index contributed by atoms with van der Waals surface area (Å²) in [6.07, 6.45) is 3.90. The second kappa shape index (κ2) is 9.69. The smallest absolute Gasteiger partial charge is 0.220 e. The molecule has 0 bridgehead atoms. The van der Waals surface area contributed by atoms with E-state index in [2.05, 4.69) is 26.4 Å². The maximum absolute atomic E-state index is 12.6. The normalized spacial score (nSPS) is 18.2. The fraction of sp³-hybridized carbons (Fsp3) is 0.524. The van der Waals surface area contributed by atoms with Gasteiger partial charge in [-0.05, 0) is 24.8 Å². The molecule has 4 rings (SSSR count). The van der Waals surface area contributed by atoms with Gasteiger partial charge in [0.15, 0.2) is 5.96 Å². The number of guanidine groups is 1. The van der Waals surface area contributed by atoms with E-state index >= 15 is 0 Å². The molecule has 31 heavy (non-hydrogen) atoms. The van der Waals surface area contributed by atoms with E-state index in [9.17, 15) is 8.42 Å². The third-order valence-corrected chi connectivity index (χ3v) is 7.36. The lowest BCUT2D eigenvalue weighted by atomic mass is 10.2. The van der Waals surface area contributed by atoms with Crippen molar-refractivity contribution in [1.82, 2.24) is 19.7 Å². The fourth-order valence-electron chi connectivity index (χ4n) is 3.56. The summed E-state index contributed by atoms with van der Waals surface area (Å²) in [5, 5.41) is 7.10. The molecular formula is C21H29N5O4S. The van der Waals surface area contributed by atoms with Crippen molar-refractivity contribution >= 4 is 16.0 Å². The predicted molar refractivity (Wildman–Crippen MR) is 117 cm³/mol. The van der Waals surface area contributed by atoms with Crippen molar-refractivity contribution in [3.63, 3.8) is 0 Å². The molecule has 1 aliphatic carbocycles. The van der Waals surface area contributed by atoms with E-state index in [0.29, 0.717) is 44.3 Å². The van der Waals surface area contributed by atoms with Crippen LogP contribution in [0.4, 0.5) is 0 Å².